The highest BCUT2D eigenvalue weighted by atomic mass is 16.6. The van der Waals surface area contributed by atoms with Crippen molar-refractivity contribution in [2.45, 2.75) is 13.5 Å². The molecule has 0 saturated heterocycles. The lowest BCUT2D eigenvalue weighted by atomic mass is 10.1. The average Bonchev–Trinajstić information content (AvgIpc) is 2.49. The second-order valence-electron chi connectivity index (χ2n) is 3.01. The van der Waals surface area contributed by atoms with Gasteiger partial charge in [-0.1, -0.05) is 6.07 Å². The first-order valence-electron chi connectivity index (χ1n) is 4.06. The smallest absolute Gasteiger partial charge is 0.0930 e. The van der Waals surface area contributed by atoms with Crippen molar-refractivity contribution in [2.24, 2.45) is 5.90 Å². The summed E-state index contributed by atoms with van der Waals surface area (Å²) in [7, 11) is 0. The zero-order valence-electron chi connectivity index (χ0n) is 7.37. The maximum absolute atomic E-state index is 4.99. The molecule has 0 radical (unpaired) electrons. The molecule has 3 N–H and O–H groups in total. The van der Waals surface area contributed by atoms with Crippen molar-refractivity contribution in [1.29, 1.82) is 0 Å². The first-order chi connectivity index (χ1) is 6.31. The van der Waals surface area contributed by atoms with E-state index in [4.69, 9.17) is 5.90 Å². The summed E-state index contributed by atoms with van der Waals surface area (Å²) in [5.41, 5.74) is 3.09. The van der Waals surface area contributed by atoms with Gasteiger partial charge in [0.1, 0.15) is 0 Å². The van der Waals surface area contributed by atoms with Crippen molar-refractivity contribution in [2.75, 3.05) is 0 Å². The normalized spacial score (nSPS) is 10.9. The number of hydrogen-bond acceptors (Lipinski definition) is 3. The van der Waals surface area contributed by atoms with E-state index in [1.807, 2.05) is 25.1 Å². The minimum absolute atomic E-state index is 0.431. The second kappa shape index (κ2) is 3.16. The molecule has 0 amide bonds. The van der Waals surface area contributed by atoms with E-state index in [1.54, 1.807) is 0 Å². The number of hydrogen-bond donors (Lipinski definition) is 2. The fraction of sp³-hybridized carbons (Fsp3) is 0.222. The van der Waals surface area contributed by atoms with Crippen LogP contribution < -0.4 is 5.90 Å². The summed E-state index contributed by atoms with van der Waals surface area (Å²) in [5, 5.41) is 8.17. The lowest BCUT2D eigenvalue weighted by Gasteiger charge is -1.98. The number of aromatic amines is 1. The van der Waals surface area contributed by atoms with Gasteiger partial charge in [0, 0.05) is 11.1 Å². The number of aromatic nitrogens is 2. The summed E-state index contributed by atoms with van der Waals surface area (Å²) in [4.78, 5) is 4.56. The minimum Gasteiger partial charge on any atom is -0.300 e. The molecule has 0 saturated carbocycles. The molecule has 0 aliphatic rings. The van der Waals surface area contributed by atoms with Gasteiger partial charge in [0.05, 0.1) is 12.1 Å². The summed E-state index contributed by atoms with van der Waals surface area (Å²) < 4.78 is 0. The maximum atomic E-state index is 4.99. The molecule has 0 aliphatic heterocycles. The number of H-pyrrole nitrogens is 1. The van der Waals surface area contributed by atoms with Crippen molar-refractivity contribution in [3.8, 4) is 0 Å². The Morgan fingerprint density at radius 3 is 3.15 bits per heavy atom. The molecule has 0 unspecified atom stereocenters. The van der Waals surface area contributed by atoms with Crippen molar-refractivity contribution in [3.05, 3.63) is 29.5 Å². The van der Waals surface area contributed by atoms with Crippen LogP contribution in [0, 0.1) is 6.92 Å². The van der Waals surface area contributed by atoms with Gasteiger partial charge in [0.25, 0.3) is 0 Å². The molecular formula is C9H11N3O. The Balaban J connectivity index is 2.53. The number of fused-ring (bicyclic) bond motifs is 1. The predicted molar refractivity (Wildman–Crippen MR) is 49.8 cm³/mol. The molecular weight excluding hydrogens is 166 g/mol. The van der Waals surface area contributed by atoms with Gasteiger partial charge in [0.2, 0.25) is 0 Å². The largest absolute Gasteiger partial charge is 0.300 e. The molecule has 0 bridgehead atoms. The summed E-state index contributed by atoms with van der Waals surface area (Å²) in [6, 6.07) is 5.93. The molecule has 0 atom stereocenters. The number of nitrogens with zero attached hydrogens (tertiary/aromatic N) is 1. The lowest BCUT2D eigenvalue weighted by Crippen LogP contribution is -1.98. The van der Waals surface area contributed by atoms with E-state index >= 15 is 0 Å². The SMILES string of the molecule is Cc1[nH]nc2ccc(CON)cc12. The van der Waals surface area contributed by atoms with Gasteiger partial charge in [-0.2, -0.15) is 5.10 Å². The Labute approximate surface area is 75.6 Å². The van der Waals surface area contributed by atoms with Crippen LogP contribution in [0.1, 0.15) is 11.3 Å². The van der Waals surface area contributed by atoms with Gasteiger partial charge < -0.3 is 0 Å². The average molecular weight is 177 g/mol. The third-order valence-corrected chi connectivity index (χ3v) is 2.06. The molecule has 2 rings (SSSR count). The van der Waals surface area contributed by atoms with Crippen LogP contribution >= 0.6 is 0 Å². The summed E-state index contributed by atoms with van der Waals surface area (Å²) in [5.74, 6) is 4.99. The van der Waals surface area contributed by atoms with Gasteiger partial charge in [-0.3, -0.25) is 9.94 Å². The number of nitrogens with two attached hydrogens (primary N) is 1. The lowest BCUT2D eigenvalue weighted by molar-refractivity contribution is 0.124. The molecule has 68 valence electrons. The van der Waals surface area contributed by atoms with Crippen molar-refractivity contribution >= 4 is 10.9 Å². The second-order valence-corrected chi connectivity index (χ2v) is 3.01. The molecule has 2 aromatic rings. The fourth-order valence-corrected chi connectivity index (χ4v) is 1.37. The Morgan fingerprint density at radius 2 is 2.38 bits per heavy atom. The van der Waals surface area contributed by atoms with Gasteiger partial charge in [0.15, 0.2) is 0 Å². The van der Waals surface area contributed by atoms with E-state index in [9.17, 15) is 0 Å². The molecule has 1 aromatic carbocycles. The van der Waals surface area contributed by atoms with Gasteiger partial charge >= 0.3 is 0 Å². The van der Waals surface area contributed by atoms with E-state index in [1.165, 1.54) is 0 Å². The van der Waals surface area contributed by atoms with Crippen LogP contribution in [0.3, 0.4) is 0 Å². The summed E-state index contributed by atoms with van der Waals surface area (Å²) in [6.45, 7) is 2.42. The molecule has 4 heteroatoms. The molecule has 0 spiro atoms. The molecule has 0 fully saturated rings. The molecule has 13 heavy (non-hydrogen) atoms. The molecule has 1 heterocycles. The Hall–Kier alpha value is -1.39. The molecule has 1 aromatic heterocycles. The van der Waals surface area contributed by atoms with Crippen LogP contribution in [-0.4, -0.2) is 10.2 Å². The fourth-order valence-electron chi connectivity index (χ4n) is 1.37. The Kier molecular flexibility index (Phi) is 2.00. The van der Waals surface area contributed by atoms with Gasteiger partial charge in [-0.05, 0) is 24.6 Å². The molecule has 4 nitrogen and oxygen atoms in total. The van der Waals surface area contributed by atoms with Crippen LogP contribution in [0.5, 0.6) is 0 Å². The van der Waals surface area contributed by atoms with Gasteiger partial charge in [-0.25, -0.2) is 5.90 Å². The topological polar surface area (TPSA) is 63.9 Å². The van der Waals surface area contributed by atoms with E-state index in [0.717, 1.165) is 22.2 Å². The Bertz CT molecular complexity index is 422. The highest BCUT2D eigenvalue weighted by molar-refractivity contribution is 5.81. The van der Waals surface area contributed by atoms with Crippen LogP contribution in [0.15, 0.2) is 18.2 Å². The highest BCUT2D eigenvalue weighted by Gasteiger charge is 2.01. The Morgan fingerprint density at radius 1 is 1.54 bits per heavy atom. The van der Waals surface area contributed by atoms with E-state index in [2.05, 4.69) is 15.0 Å². The van der Waals surface area contributed by atoms with Crippen LogP contribution in [0.25, 0.3) is 10.9 Å². The van der Waals surface area contributed by atoms with Crippen molar-refractivity contribution in [3.63, 3.8) is 0 Å². The number of nitrogens with one attached hydrogen (secondary N) is 1. The highest BCUT2D eigenvalue weighted by Crippen LogP contribution is 2.16. The van der Waals surface area contributed by atoms with E-state index < -0.39 is 0 Å². The summed E-state index contributed by atoms with van der Waals surface area (Å²) in [6.07, 6.45) is 0. The first-order valence-corrected chi connectivity index (χ1v) is 4.06. The number of benzene rings is 1. The quantitative estimate of drug-likeness (QED) is 0.679. The van der Waals surface area contributed by atoms with Crippen molar-refractivity contribution < 1.29 is 4.84 Å². The van der Waals surface area contributed by atoms with Crippen molar-refractivity contribution in [1.82, 2.24) is 10.2 Å². The van der Waals surface area contributed by atoms with E-state index in [0.29, 0.717) is 6.61 Å². The first kappa shape index (κ1) is 8.22. The monoisotopic (exact) mass is 177 g/mol. The maximum Gasteiger partial charge on any atom is 0.0930 e. The van der Waals surface area contributed by atoms with Crippen LogP contribution in [-0.2, 0) is 11.4 Å². The number of rotatable bonds is 2. The zero-order chi connectivity index (χ0) is 9.26. The minimum atomic E-state index is 0.431. The third-order valence-electron chi connectivity index (χ3n) is 2.06. The summed E-state index contributed by atoms with van der Waals surface area (Å²) >= 11 is 0. The third kappa shape index (κ3) is 1.41. The molecule has 0 aliphatic carbocycles. The standard InChI is InChI=1S/C9H11N3O/c1-6-8-4-7(5-13-10)2-3-9(8)12-11-6/h2-4H,5,10H2,1H3,(H,11,12). The predicted octanol–water partition coefficient (Wildman–Crippen LogP) is 1.26. The van der Waals surface area contributed by atoms with Gasteiger partial charge in [-0.15, -0.1) is 0 Å². The number of aryl methyl sites for hydroxylation is 1. The zero-order valence-corrected chi connectivity index (χ0v) is 7.37. The van der Waals surface area contributed by atoms with Crippen LogP contribution in [0.2, 0.25) is 0 Å². The van der Waals surface area contributed by atoms with E-state index in [-0.39, 0.29) is 0 Å². The van der Waals surface area contributed by atoms with Crippen LogP contribution in [0.4, 0.5) is 0 Å².